The van der Waals surface area contributed by atoms with Crippen molar-refractivity contribution in [2.24, 2.45) is 0 Å². The van der Waals surface area contributed by atoms with Gasteiger partial charge in [0.25, 0.3) is 0 Å². The number of hydrogen-bond acceptors (Lipinski definition) is 4. The molecule has 0 fully saturated rings. The van der Waals surface area contributed by atoms with Gasteiger partial charge in [0.1, 0.15) is 0 Å². The molecular weight excluding hydrogens is 375 g/mol. The number of methoxy groups -OCH3 is 2. The monoisotopic (exact) mass is 396 g/mol. The Kier molecular flexibility index (Phi) is 7.57. The van der Waals surface area contributed by atoms with Gasteiger partial charge in [-0.05, 0) is 49.4 Å². The van der Waals surface area contributed by atoms with Crippen LogP contribution in [0.5, 0.6) is 11.5 Å². The minimum Gasteiger partial charge on any atom is -0.493 e. The minimum atomic E-state index is -0.135. The average Bonchev–Trinajstić information content (AvgIpc) is 2.62. The van der Waals surface area contributed by atoms with Gasteiger partial charge in [-0.1, -0.05) is 29.3 Å². The lowest BCUT2D eigenvalue weighted by Crippen LogP contribution is -2.31. The third-order valence-corrected chi connectivity index (χ3v) is 4.40. The van der Waals surface area contributed by atoms with Crippen LogP contribution >= 0.6 is 23.2 Å². The maximum Gasteiger partial charge on any atom is 0.238 e. The van der Waals surface area contributed by atoms with Gasteiger partial charge in [0.15, 0.2) is 11.5 Å². The number of likely N-dealkylation sites (N-methyl/N-ethyl adjacent to an activating group) is 1. The molecule has 0 saturated carbocycles. The van der Waals surface area contributed by atoms with Gasteiger partial charge in [-0.25, -0.2) is 0 Å². The van der Waals surface area contributed by atoms with Gasteiger partial charge >= 0.3 is 0 Å². The molecule has 2 aromatic carbocycles. The Hall–Kier alpha value is -1.95. The molecule has 5 nitrogen and oxygen atoms in total. The number of nitrogens with zero attached hydrogens (tertiary/aromatic N) is 1. The van der Waals surface area contributed by atoms with Crippen molar-refractivity contribution >= 4 is 34.8 Å². The number of halogens is 2. The van der Waals surface area contributed by atoms with E-state index in [-0.39, 0.29) is 12.5 Å². The quantitative estimate of drug-likeness (QED) is 0.728. The molecule has 2 aromatic rings. The van der Waals surface area contributed by atoms with Crippen LogP contribution in [0, 0.1) is 0 Å². The molecule has 7 heteroatoms. The normalized spacial score (nSPS) is 10.7. The molecule has 0 bridgehead atoms. The number of carbonyl (C=O) groups is 1. The van der Waals surface area contributed by atoms with Gasteiger partial charge in [0.05, 0.1) is 31.5 Å². The molecule has 0 aromatic heterocycles. The van der Waals surface area contributed by atoms with E-state index < -0.39 is 0 Å². The summed E-state index contributed by atoms with van der Waals surface area (Å²) in [5, 5.41) is 3.74. The van der Waals surface area contributed by atoms with Gasteiger partial charge in [-0.2, -0.15) is 0 Å². The van der Waals surface area contributed by atoms with Crippen LogP contribution in [-0.2, 0) is 11.2 Å². The second-order valence-electron chi connectivity index (χ2n) is 5.85. The Bertz CT molecular complexity index is 768. The van der Waals surface area contributed by atoms with E-state index in [9.17, 15) is 4.79 Å². The van der Waals surface area contributed by atoms with Crippen molar-refractivity contribution in [3.63, 3.8) is 0 Å². The molecule has 1 amide bonds. The molecule has 0 spiro atoms. The molecule has 2 rings (SSSR count). The first-order valence-corrected chi connectivity index (χ1v) is 8.83. The third-order valence-electron chi connectivity index (χ3n) is 3.85. The summed E-state index contributed by atoms with van der Waals surface area (Å²) in [7, 11) is 5.11. The van der Waals surface area contributed by atoms with Gasteiger partial charge < -0.3 is 14.8 Å². The molecule has 0 radical (unpaired) electrons. The van der Waals surface area contributed by atoms with Crippen LogP contribution in [-0.4, -0.2) is 45.2 Å². The SMILES string of the molecule is COc1ccc(CCN(C)CC(=O)Nc2ccc(Cl)cc2Cl)cc1OC. The maximum atomic E-state index is 12.2. The second kappa shape index (κ2) is 9.67. The fourth-order valence-corrected chi connectivity index (χ4v) is 2.92. The van der Waals surface area contributed by atoms with Crippen molar-refractivity contribution in [3.05, 3.63) is 52.0 Å². The Labute approximate surface area is 163 Å². The molecule has 0 atom stereocenters. The largest absolute Gasteiger partial charge is 0.493 e. The Morgan fingerprint density at radius 2 is 1.81 bits per heavy atom. The number of anilines is 1. The fourth-order valence-electron chi connectivity index (χ4n) is 2.46. The predicted octanol–water partition coefficient (Wildman–Crippen LogP) is 4.12. The van der Waals surface area contributed by atoms with Crippen molar-refractivity contribution in [1.82, 2.24) is 4.90 Å². The highest BCUT2D eigenvalue weighted by molar-refractivity contribution is 6.36. The predicted molar refractivity (Wildman–Crippen MR) is 106 cm³/mol. The number of nitrogens with one attached hydrogen (secondary N) is 1. The lowest BCUT2D eigenvalue weighted by molar-refractivity contribution is -0.117. The van der Waals surface area contributed by atoms with Crippen molar-refractivity contribution in [2.75, 3.05) is 39.7 Å². The van der Waals surface area contributed by atoms with Crippen molar-refractivity contribution in [1.29, 1.82) is 0 Å². The van der Waals surface area contributed by atoms with E-state index in [2.05, 4.69) is 5.32 Å². The summed E-state index contributed by atoms with van der Waals surface area (Å²) in [6.07, 6.45) is 0.784. The van der Waals surface area contributed by atoms with Crippen molar-refractivity contribution in [2.45, 2.75) is 6.42 Å². The topological polar surface area (TPSA) is 50.8 Å². The van der Waals surface area contributed by atoms with Gasteiger partial charge in [-0.3, -0.25) is 9.69 Å². The Balaban J connectivity index is 1.86. The molecule has 26 heavy (non-hydrogen) atoms. The number of rotatable bonds is 8. The summed E-state index contributed by atoms with van der Waals surface area (Å²) in [5.74, 6) is 1.26. The van der Waals surface area contributed by atoms with E-state index in [0.29, 0.717) is 27.2 Å². The zero-order valence-electron chi connectivity index (χ0n) is 15.0. The van der Waals surface area contributed by atoms with Crippen molar-refractivity contribution < 1.29 is 14.3 Å². The Morgan fingerprint density at radius 3 is 2.46 bits per heavy atom. The first-order chi connectivity index (χ1) is 12.4. The lowest BCUT2D eigenvalue weighted by atomic mass is 10.1. The van der Waals surface area contributed by atoms with Crippen LogP contribution in [0.3, 0.4) is 0 Å². The van der Waals surface area contributed by atoms with E-state index in [1.807, 2.05) is 30.1 Å². The van der Waals surface area contributed by atoms with Crippen LogP contribution in [0.15, 0.2) is 36.4 Å². The lowest BCUT2D eigenvalue weighted by Gasteiger charge is -2.17. The highest BCUT2D eigenvalue weighted by Crippen LogP contribution is 2.28. The summed E-state index contributed by atoms with van der Waals surface area (Å²) in [6, 6.07) is 10.8. The van der Waals surface area contributed by atoms with Gasteiger partial charge in [0, 0.05) is 11.6 Å². The third kappa shape index (κ3) is 5.80. The highest BCUT2D eigenvalue weighted by Gasteiger charge is 2.10. The molecule has 0 unspecified atom stereocenters. The van der Waals surface area contributed by atoms with Crippen LogP contribution in [0.2, 0.25) is 10.0 Å². The van der Waals surface area contributed by atoms with Crippen LogP contribution in [0.4, 0.5) is 5.69 Å². The maximum absolute atomic E-state index is 12.2. The van der Waals surface area contributed by atoms with Crippen LogP contribution in [0.25, 0.3) is 0 Å². The van der Waals surface area contributed by atoms with E-state index in [4.69, 9.17) is 32.7 Å². The van der Waals surface area contributed by atoms with Crippen LogP contribution in [0.1, 0.15) is 5.56 Å². The fraction of sp³-hybridized carbons (Fsp3) is 0.316. The summed E-state index contributed by atoms with van der Waals surface area (Å²) in [5.41, 5.74) is 1.66. The molecular formula is C19H22Cl2N2O3. The molecule has 140 valence electrons. The van der Waals surface area contributed by atoms with Crippen molar-refractivity contribution in [3.8, 4) is 11.5 Å². The number of ether oxygens (including phenoxy) is 2. The molecule has 0 heterocycles. The summed E-state index contributed by atoms with van der Waals surface area (Å²) in [4.78, 5) is 14.1. The number of carbonyl (C=O) groups excluding carboxylic acids is 1. The molecule has 0 aliphatic rings. The number of hydrogen-bond donors (Lipinski definition) is 1. The number of amides is 1. The van der Waals surface area contributed by atoms with E-state index in [1.165, 1.54) is 0 Å². The van der Waals surface area contributed by atoms with E-state index in [1.54, 1.807) is 32.4 Å². The second-order valence-corrected chi connectivity index (χ2v) is 6.69. The summed E-state index contributed by atoms with van der Waals surface area (Å²) < 4.78 is 10.5. The summed E-state index contributed by atoms with van der Waals surface area (Å²) in [6.45, 7) is 0.976. The Morgan fingerprint density at radius 1 is 1.08 bits per heavy atom. The van der Waals surface area contributed by atoms with Crippen LogP contribution < -0.4 is 14.8 Å². The minimum absolute atomic E-state index is 0.135. The average molecular weight is 397 g/mol. The first kappa shape index (κ1) is 20.4. The summed E-state index contributed by atoms with van der Waals surface area (Å²) >= 11 is 11.9. The highest BCUT2D eigenvalue weighted by atomic mass is 35.5. The smallest absolute Gasteiger partial charge is 0.238 e. The molecule has 0 aliphatic carbocycles. The molecule has 0 saturated heterocycles. The zero-order chi connectivity index (χ0) is 19.1. The number of benzene rings is 2. The van der Waals surface area contributed by atoms with E-state index >= 15 is 0 Å². The van der Waals surface area contributed by atoms with Gasteiger partial charge in [-0.15, -0.1) is 0 Å². The standard InChI is InChI=1S/C19H22Cl2N2O3/c1-23(9-8-13-4-7-17(25-2)18(10-13)26-3)12-19(24)22-16-6-5-14(20)11-15(16)21/h4-7,10-11H,8-9,12H2,1-3H3,(H,22,24). The molecule has 1 N–H and O–H groups in total. The van der Waals surface area contributed by atoms with E-state index in [0.717, 1.165) is 18.5 Å². The molecule has 0 aliphatic heterocycles. The zero-order valence-corrected chi connectivity index (χ0v) is 16.5. The van der Waals surface area contributed by atoms with Gasteiger partial charge in [0.2, 0.25) is 5.91 Å². The first-order valence-electron chi connectivity index (χ1n) is 8.07.